The Morgan fingerprint density at radius 2 is 1.96 bits per heavy atom. The molecule has 3 heterocycles. The predicted octanol–water partition coefficient (Wildman–Crippen LogP) is 2.00. The molecular formula is C15H12F3N5O. The molecule has 2 N–H and O–H groups in total. The Labute approximate surface area is 133 Å². The van der Waals surface area contributed by atoms with E-state index >= 15 is 4.39 Å². The van der Waals surface area contributed by atoms with Crippen molar-refractivity contribution >= 4 is 17.0 Å². The van der Waals surface area contributed by atoms with Gasteiger partial charge in [0.1, 0.15) is 17.0 Å². The van der Waals surface area contributed by atoms with Crippen molar-refractivity contribution in [2.45, 2.75) is 12.1 Å². The molecule has 1 fully saturated rings. The largest absolute Gasteiger partial charge is 0.339 e. The summed E-state index contributed by atoms with van der Waals surface area (Å²) in [6.45, 7) is 0.0791. The van der Waals surface area contributed by atoms with Crippen LogP contribution in [0.3, 0.4) is 0 Å². The third kappa shape index (κ3) is 2.32. The minimum Gasteiger partial charge on any atom is -0.339 e. The van der Waals surface area contributed by atoms with Crippen molar-refractivity contribution in [2.24, 2.45) is 0 Å². The highest BCUT2D eigenvalue weighted by atomic mass is 19.1. The highest BCUT2D eigenvalue weighted by Crippen LogP contribution is 2.37. The van der Waals surface area contributed by atoms with Crippen LogP contribution in [0.2, 0.25) is 0 Å². The number of fused-ring (bicyclic) bond motifs is 1. The molecule has 1 saturated heterocycles. The Bertz CT molecular complexity index is 964. The van der Waals surface area contributed by atoms with E-state index in [0.29, 0.717) is 17.1 Å². The Hall–Kier alpha value is -2.84. The molecule has 6 nitrogen and oxygen atoms in total. The molecule has 4 rings (SSSR count). The van der Waals surface area contributed by atoms with Gasteiger partial charge in [-0.25, -0.2) is 13.2 Å². The van der Waals surface area contributed by atoms with Crippen molar-refractivity contribution < 1.29 is 13.2 Å². The fourth-order valence-electron chi connectivity index (χ4n) is 2.98. The number of hydrogen-bond acceptors (Lipinski definition) is 4. The van der Waals surface area contributed by atoms with Gasteiger partial charge in [-0.2, -0.15) is 10.1 Å². The first-order valence-corrected chi connectivity index (χ1v) is 7.28. The number of nitrogens with one attached hydrogen (secondary N) is 2. The van der Waals surface area contributed by atoms with Crippen molar-refractivity contribution in [3.8, 4) is 0 Å². The minimum atomic E-state index is -1.93. The van der Waals surface area contributed by atoms with Gasteiger partial charge in [-0.05, 0) is 17.7 Å². The molecule has 0 aliphatic carbocycles. The fraction of sp³-hybridized carbons (Fsp3) is 0.267. The van der Waals surface area contributed by atoms with Crippen molar-refractivity contribution in [3.63, 3.8) is 0 Å². The van der Waals surface area contributed by atoms with Gasteiger partial charge in [-0.1, -0.05) is 0 Å². The van der Waals surface area contributed by atoms with Gasteiger partial charge in [-0.15, -0.1) is 0 Å². The molecule has 24 heavy (non-hydrogen) atoms. The minimum absolute atomic E-state index is 0.0284. The first-order valence-electron chi connectivity index (χ1n) is 7.28. The van der Waals surface area contributed by atoms with E-state index < -0.39 is 22.9 Å². The third-order valence-electron chi connectivity index (χ3n) is 4.21. The van der Waals surface area contributed by atoms with Crippen LogP contribution in [-0.2, 0) is 5.67 Å². The maximum absolute atomic E-state index is 15.2. The first kappa shape index (κ1) is 14.7. The lowest BCUT2D eigenvalue weighted by Gasteiger charge is -2.21. The van der Waals surface area contributed by atoms with Crippen LogP contribution >= 0.6 is 0 Å². The van der Waals surface area contributed by atoms with Crippen molar-refractivity contribution in [3.05, 3.63) is 51.9 Å². The van der Waals surface area contributed by atoms with Crippen molar-refractivity contribution in [2.75, 3.05) is 18.0 Å². The van der Waals surface area contributed by atoms with Gasteiger partial charge < -0.3 is 4.90 Å². The van der Waals surface area contributed by atoms with Crippen LogP contribution in [0.5, 0.6) is 0 Å². The molecule has 1 atom stereocenters. The summed E-state index contributed by atoms with van der Waals surface area (Å²) < 4.78 is 41.9. The van der Waals surface area contributed by atoms with Gasteiger partial charge in [0.2, 0.25) is 5.95 Å². The summed E-state index contributed by atoms with van der Waals surface area (Å²) in [4.78, 5) is 20.3. The maximum atomic E-state index is 15.2. The molecule has 1 aliphatic rings. The second-order valence-electron chi connectivity index (χ2n) is 5.82. The molecule has 1 unspecified atom stereocenters. The van der Waals surface area contributed by atoms with Gasteiger partial charge >= 0.3 is 0 Å². The number of aromatic nitrogens is 4. The Morgan fingerprint density at radius 1 is 1.21 bits per heavy atom. The molecule has 3 aromatic rings. The van der Waals surface area contributed by atoms with E-state index in [1.165, 1.54) is 11.1 Å². The zero-order valence-corrected chi connectivity index (χ0v) is 12.3. The zero-order chi connectivity index (χ0) is 16.9. The molecule has 0 spiro atoms. The molecule has 0 bridgehead atoms. The van der Waals surface area contributed by atoms with Crippen LogP contribution in [0.25, 0.3) is 11.0 Å². The number of rotatable bonds is 2. The first-order chi connectivity index (χ1) is 11.4. The number of H-pyrrole nitrogens is 2. The number of anilines is 1. The van der Waals surface area contributed by atoms with E-state index in [0.717, 1.165) is 12.1 Å². The Kier molecular flexibility index (Phi) is 3.12. The summed E-state index contributed by atoms with van der Waals surface area (Å²) in [6.07, 6.45) is 1.38. The number of alkyl halides is 1. The van der Waals surface area contributed by atoms with Crippen molar-refractivity contribution in [1.29, 1.82) is 0 Å². The fourth-order valence-corrected chi connectivity index (χ4v) is 2.98. The number of nitrogens with zero attached hydrogens (tertiary/aromatic N) is 3. The summed E-state index contributed by atoms with van der Waals surface area (Å²) in [5.41, 5.74) is -2.09. The van der Waals surface area contributed by atoms with E-state index in [1.54, 1.807) is 0 Å². The molecule has 0 radical (unpaired) electrons. The van der Waals surface area contributed by atoms with E-state index in [9.17, 15) is 13.6 Å². The van der Waals surface area contributed by atoms with Crippen LogP contribution in [0.1, 0.15) is 12.0 Å². The van der Waals surface area contributed by atoms with Gasteiger partial charge in [-0.3, -0.25) is 14.9 Å². The number of hydrogen-bond donors (Lipinski definition) is 2. The Balaban J connectivity index is 1.68. The van der Waals surface area contributed by atoms with Gasteiger partial charge in [0, 0.05) is 19.0 Å². The average Bonchev–Trinajstić information content (AvgIpc) is 3.14. The smallest absolute Gasteiger partial charge is 0.263 e. The van der Waals surface area contributed by atoms with Gasteiger partial charge in [0.05, 0.1) is 12.7 Å². The zero-order valence-electron chi connectivity index (χ0n) is 12.3. The number of halogens is 3. The Morgan fingerprint density at radius 3 is 2.71 bits per heavy atom. The summed E-state index contributed by atoms with van der Waals surface area (Å²) in [5, 5.41) is 6.64. The lowest BCUT2D eigenvalue weighted by Crippen LogP contribution is -2.29. The van der Waals surface area contributed by atoms with Crippen molar-refractivity contribution in [1.82, 2.24) is 20.2 Å². The molecule has 0 amide bonds. The third-order valence-corrected chi connectivity index (χ3v) is 4.21. The molecule has 1 aromatic carbocycles. The molecule has 2 aromatic heterocycles. The highest BCUT2D eigenvalue weighted by molar-refractivity contribution is 5.73. The van der Waals surface area contributed by atoms with E-state index in [4.69, 9.17) is 0 Å². The SMILES string of the molecule is O=c1[nH]c(N2CCC(F)(c3cc(F)cc(F)c3)C2)nc2[nH]ncc12. The van der Waals surface area contributed by atoms with Crippen LogP contribution in [-0.4, -0.2) is 33.3 Å². The average molecular weight is 335 g/mol. The predicted molar refractivity (Wildman–Crippen MR) is 80.5 cm³/mol. The monoisotopic (exact) mass is 335 g/mol. The van der Waals surface area contributed by atoms with Crippen LogP contribution < -0.4 is 10.5 Å². The lowest BCUT2D eigenvalue weighted by molar-refractivity contribution is 0.194. The van der Waals surface area contributed by atoms with Crippen LogP contribution in [0.15, 0.2) is 29.2 Å². The van der Waals surface area contributed by atoms with Gasteiger partial charge in [0.25, 0.3) is 5.56 Å². The standard InChI is InChI=1S/C15H12F3N5O/c16-9-3-8(4-10(17)5-9)15(18)1-2-23(7-15)14-20-12-11(6-19-22-12)13(24)21-14/h3-6H,1-2,7H2,(H2,19,20,21,22,24). The van der Waals surface area contributed by atoms with E-state index in [1.807, 2.05) is 0 Å². The van der Waals surface area contributed by atoms with Crippen LogP contribution in [0, 0.1) is 11.6 Å². The normalized spacial score (nSPS) is 20.9. The molecule has 0 saturated carbocycles. The summed E-state index contributed by atoms with van der Waals surface area (Å²) in [6, 6.07) is 2.67. The summed E-state index contributed by atoms with van der Waals surface area (Å²) in [5.74, 6) is -1.47. The van der Waals surface area contributed by atoms with E-state index in [-0.39, 0.29) is 31.0 Å². The quantitative estimate of drug-likeness (QED) is 0.751. The van der Waals surface area contributed by atoms with E-state index in [2.05, 4.69) is 20.2 Å². The summed E-state index contributed by atoms with van der Waals surface area (Å²) in [7, 11) is 0. The topological polar surface area (TPSA) is 77.7 Å². The lowest BCUT2D eigenvalue weighted by atomic mass is 9.95. The van der Waals surface area contributed by atoms with Gasteiger partial charge in [0.15, 0.2) is 11.3 Å². The molecular weight excluding hydrogens is 323 g/mol. The summed E-state index contributed by atoms with van der Waals surface area (Å²) >= 11 is 0. The number of benzene rings is 1. The molecule has 9 heteroatoms. The molecule has 1 aliphatic heterocycles. The maximum Gasteiger partial charge on any atom is 0.263 e. The number of aromatic amines is 2. The van der Waals surface area contributed by atoms with Crippen LogP contribution in [0.4, 0.5) is 19.1 Å². The molecule has 124 valence electrons. The second kappa shape index (κ2) is 5.08. The second-order valence-corrected chi connectivity index (χ2v) is 5.82. The highest BCUT2D eigenvalue weighted by Gasteiger charge is 2.41.